The summed E-state index contributed by atoms with van der Waals surface area (Å²) in [5.74, 6) is 0.937. The molecule has 1 aromatic rings. The van der Waals surface area contributed by atoms with Gasteiger partial charge in [-0.05, 0) is 44.3 Å². The summed E-state index contributed by atoms with van der Waals surface area (Å²) < 4.78 is 5.55. The van der Waals surface area contributed by atoms with Gasteiger partial charge in [0.2, 0.25) is 0 Å². The van der Waals surface area contributed by atoms with Crippen LogP contribution in [0.5, 0.6) is 0 Å². The van der Waals surface area contributed by atoms with Gasteiger partial charge in [-0.2, -0.15) is 0 Å². The Morgan fingerprint density at radius 3 is 2.55 bits per heavy atom. The van der Waals surface area contributed by atoms with Crippen molar-refractivity contribution < 1.29 is 4.74 Å². The molecule has 3 rings (SSSR count). The van der Waals surface area contributed by atoms with Crippen LogP contribution in [-0.2, 0) is 4.74 Å². The molecule has 2 saturated heterocycles. The Balaban J connectivity index is 0.00000300. The van der Waals surface area contributed by atoms with Gasteiger partial charge in [0, 0.05) is 37.6 Å². The number of hydrogen-bond donors (Lipinski definition) is 2. The van der Waals surface area contributed by atoms with E-state index in [-0.39, 0.29) is 24.0 Å². The van der Waals surface area contributed by atoms with Crippen molar-refractivity contribution in [3.8, 4) is 0 Å². The molecule has 0 radical (unpaired) electrons. The van der Waals surface area contributed by atoms with E-state index in [0.29, 0.717) is 6.04 Å². The molecule has 1 unspecified atom stereocenters. The molecule has 0 aromatic carbocycles. The highest BCUT2D eigenvalue weighted by molar-refractivity contribution is 14.0. The predicted octanol–water partition coefficient (Wildman–Crippen LogP) is 3.17. The minimum atomic E-state index is 0. The summed E-state index contributed by atoms with van der Waals surface area (Å²) in [5, 5.41) is 9.13. The number of hydrogen-bond acceptors (Lipinski definition) is 5. The van der Waals surface area contributed by atoms with Crippen molar-refractivity contribution >= 4 is 41.3 Å². The first-order chi connectivity index (χ1) is 13.9. The van der Waals surface area contributed by atoms with Crippen LogP contribution < -0.4 is 10.6 Å². The molecule has 29 heavy (non-hydrogen) atoms. The number of halogens is 1. The molecule has 1 atom stereocenters. The molecule has 0 bridgehead atoms. The fourth-order valence-corrected chi connectivity index (χ4v) is 4.82. The number of aliphatic imine (C=N–C) groups is 1. The van der Waals surface area contributed by atoms with Crippen molar-refractivity contribution in [1.29, 1.82) is 0 Å². The molecule has 2 N–H and O–H groups in total. The van der Waals surface area contributed by atoms with E-state index in [0.717, 1.165) is 58.4 Å². The summed E-state index contributed by atoms with van der Waals surface area (Å²) in [6, 6.07) is 4.71. The van der Waals surface area contributed by atoms with Crippen LogP contribution in [0.1, 0.15) is 43.5 Å². The Morgan fingerprint density at radius 1 is 1.14 bits per heavy atom. The first kappa shape index (κ1) is 24.8. The lowest BCUT2D eigenvalue weighted by Gasteiger charge is -2.33. The van der Waals surface area contributed by atoms with Gasteiger partial charge in [-0.15, -0.1) is 35.3 Å². The summed E-state index contributed by atoms with van der Waals surface area (Å²) in [6.45, 7) is 11.9. The molecule has 0 spiro atoms. The van der Waals surface area contributed by atoms with Crippen LogP contribution in [0, 0.1) is 0 Å². The van der Waals surface area contributed by atoms with E-state index in [1.54, 1.807) is 0 Å². The van der Waals surface area contributed by atoms with Gasteiger partial charge in [-0.3, -0.25) is 9.89 Å². The largest absolute Gasteiger partial charge is 0.379 e. The fraction of sp³-hybridized carbons (Fsp3) is 0.762. The number of thiophene rings is 1. The number of guanidine groups is 1. The number of nitrogens with one attached hydrogen (secondary N) is 2. The van der Waals surface area contributed by atoms with Crippen molar-refractivity contribution in [1.82, 2.24) is 20.4 Å². The number of nitrogens with zero attached hydrogens (tertiary/aromatic N) is 3. The van der Waals surface area contributed by atoms with E-state index < -0.39 is 0 Å². The number of ether oxygens (including phenoxy) is 1. The fourth-order valence-electron chi connectivity index (χ4n) is 3.97. The van der Waals surface area contributed by atoms with Crippen molar-refractivity contribution in [2.75, 3.05) is 65.6 Å². The summed E-state index contributed by atoms with van der Waals surface area (Å²) in [7, 11) is 0. The lowest BCUT2D eigenvalue weighted by molar-refractivity contribution is 0.0186. The molecule has 2 aliphatic rings. The normalized spacial score (nSPS) is 20.5. The van der Waals surface area contributed by atoms with E-state index in [1.165, 1.54) is 43.6 Å². The average Bonchev–Trinajstić information content (AvgIpc) is 3.13. The molecule has 8 heteroatoms. The van der Waals surface area contributed by atoms with Gasteiger partial charge in [0.05, 0.1) is 25.8 Å². The zero-order valence-corrected chi connectivity index (χ0v) is 20.9. The molecule has 2 fully saturated rings. The number of likely N-dealkylation sites (tertiary alicyclic amines) is 1. The van der Waals surface area contributed by atoms with Crippen LogP contribution in [0.2, 0.25) is 0 Å². The predicted molar refractivity (Wildman–Crippen MR) is 134 cm³/mol. The van der Waals surface area contributed by atoms with Crippen LogP contribution in [0.3, 0.4) is 0 Å². The number of morpholine rings is 1. The van der Waals surface area contributed by atoms with Gasteiger partial charge < -0.3 is 20.3 Å². The third-order valence-corrected chi connectivity index (χ3v) is 6.52. The maximum Gasteiger partial charge on any atom is 0.191 e. The van der Waals surface area contributed by atoms with E-state index in [1.807, 2.05) is 11.3 Å². The second-order valence-corrected chi connectivity index (χ2v) is 8.56. The van der Waals surface area contributed by atoms with Crippen LogP contribution >= 0.6 is 35.3 Å². The second kappa shape index (κ2) is 14.6. The lowest BCUT2D eigenvalue weighted by Crippen LogP contribution is -2.43. The van der Waals surface area contributed by atoms with Gasteiger partial charge in [0.1, 0.15) is 0 Å². The third kappa shape index (κ3) is 8.69. The summed E-state index contributed by atoms with van der Waals surface area (Å²) in [6.07, 6.45) is 5.46. The van der Waals surface area contributed by atoms with E-state index in [4.69, 9.17) is 9.73 Å². The molecular weight excluding hydrogens is 497 g/mol. The van der Waals surface area contributed by atoms with E-state index >= 15 is 0 Å². The number of rotatable bonds is 8. The SMILES string of the molecule is CCNC(=NCC(c1cccs1)N1CCOCC1)NCCN1CCCCCC1.I. The van der Waals surface area contributed by atoms with Gasteiger partial charge in [-0.25, -0.2) is 0 Å². The van der Waals surface area contributed by atoms with E-state index in [9.17, 15) is 0 Å². The van der Waals surface area contributed by atoms with E-state index in [2.05, 4.69) is 44.9 Å². The standard InChI is InChI=1S/C21H37N5OS.HI/c1-2-22-21(23-9-12-25-10-5-3-4-6-11-25)24-18-19(20-8-7-17-28-20)26-13-15-27-16-14-26;/h7-8,17,19H,2-6,9-16,18H2,1H3,(H2,22,23,24);1H. The van der Waals surface area contributed by atoms with Gasteiger partial charge >= 0.3 is 0 Å². The molecular formula is C21H38IN5OS. The van der Waals surface area contributed by atoms with Crippen molar-refractivity contribution in [2.45, 2.75) is 38.6 Å². The Morgan fingerprint density at radius 2 is 1.90 bits per heavy atom. The lowest BCUT2D eigenvalue weighted by atomic mass is 10.2. The monoisotopic (exact) mass is 535 g/mol. The maximum absolute atomic E-state index is 5.55. The van der Waals surface area contributed by atoms with Crippen molar-refractivity contribution in [3.63, 3.8) is 0 Å². The summed E-state index contributed by atoms with van der Waals surface area (Å²) in [4.78, 5) is 11.4. The minimum absolute atomic E-state index is 0. The highest BCUT2D eigenvalue weighted by atomic mass is 127. The van der Waals surface area contributed by atoms with Crippen LogP contribution in [0.4, 0.5) is 0 Å². The molecule has 2 aliphatic heterocycles. The average molecular weight is 536 g/mol. The highest BCUT2D eigenvalue weighted by Gasteiger charge is 2.23. The molecule has 1 aromatic heterocycles. The molecule has 6 nitrogen and oxygen atoms in total. The molecule has 3 heterocycles. The summed E-state index contributed by atoms with van der Waals surface area (Å²) >= 11 is 1.83. The Hall–Kier alpha value is -0.420. The van der Waals surface area contributed by atoms with Crippen LogP contribution in [0.25, 0.3) is 0 Å². The minimum Gasteiger partial charge on any atom is -0.379 e. The Bertz CT molecular complexity index is 557. The Labute approximate surface area is 197 Å². The zero-order valence-electron chi connectivity index (χ0n) is 17.8. The zero-order chi connectivity index (χ0) is 19.4. The topological polar surface area (TPSA) is 52.1 Å². The van der Waals surface area contributed by atoms with Crippen molar-refractivity contribution in [3.05, 3.63) is 22.4 Å². The maximum atomic E-state index is 5.55. The summed E-state index contributed by atoms with van der Waals surface area (Å²) in [5.41, 5.74) is 0. The second-order valence-electron chi connectivity index (χ2n) is 7.58. The van der Waals surface area contributed by atoms with Crippen LogP contribution in [-0.4, -0.2) is 81.3 Å². The van der Waals surface area contributed by atoms with Gasteiger partial charge in [0.15, 0.2) is 5.96 Å². The van der Waals surface area contributed by atoms with Gasteiger partial charge in [0.25, 0.3) is 0 Å². The molecule has 0 amide bonds. The first-order valence-electron chi connectivity index (χ1n) is 11.0. The Kier molecular flexibility index (Phi) is 12.5. The van der Waals surface area contributed by atoms with Gasteiger partial charge in [-0.1, -0.05) is 18.9 Å². The smallest absolute Gasteiger partial charge is 0.191 e. The quantitative estimate of drug-likeness (QED) is 0.305. The van der Waals surface area contributed by atoms with Crippen molar-refractivity contribution in [2.24, 2.45) is 4.99 Å². The highest BCUT2D eigenvalue weighted by Crippen LogP contribution is 2.26. The molecule has 0 aliphatic carbocycles. The first-order valence-corrected chi connectivity index (χ1v) is 11.8. The molecule has 166 valence electrons. The van der Waals surface area contributed by atoms with Crippen LogP contribution in [0.15, 0.2) is 22.5 Å². The third-order valence-electron chi connectivity index (χ3n) is 5.54. The molecule has 0 saturated carbocycles.